The zero-order valence-electron chi connectivity index (χ0n) is 17.8. The first-order valence-electron chi connectivity index (χ1n) is 11.1. The Morgan fingerprint density at radius 2 is 1.77 bits per heavy atom. The lowest BCUT2D eigenvalue weighted by Crippen LogP contribution is -2.36. The minimum atomic E-state index is 0.0288. The fourth-order valence-electron chi connectivity index (χ4n) is 4.39. The molecule has 2 aromatic carbocycles. The van der Waals surface area contributed by atoms with Crippen LogP contribution < -0.4 is 5.32 Å². The van der Waals surface area contributed by atoms with Crippen LogP contribution in [0.4, 0.5) is 0 Å². The standard InChI is InChI=1S/C26H31N3O/c1-20-9-3-5-11-23(20)25(15-18-29-16-7-2-8-17-29)28-26(30)19-22-14-13-21-10-4-6-12-24(21)27-22/h3-6,9-14,25H,2,7-8,15-19H2,1H3,(H,28,30). The van der Waals surface area contributed by atoms with Gasteiger partial charge in [0, 0.05) is 11.9 Å². The maximum Gasteiger partial charge on any atom is 0.226 e. The summed E-state index contributed by atoms with van der Waals surface area (Å²) in [6.45, 7) is 5.50. The number of piperidine rings is 1. The number of likely N-dealkylation sites (tertiary alicyclic amines) is 1. The van der Waals surface area contributed by atoms with E-state index in [1.807, 2.05) is 36.4 Å². The topological polar surface area (TPSA) is 45.2 Å². The van der Waals surface area contributed by atoms with Crippen LogP contribution in [-0.4, -0.2) is 35.4 Å². The van der Waals surface area contributed by atoms with Gasteiger partial charge in [0.05, 0.1) is 23.7 Å². The molecule has 1 aliphatic heterocycles. The molecule has 0 spiro atoms. The third-order valence-corrected chi connectivity index (χ3v) is 6.08. The summed E-state index contributed by atoms with van der Waals surface area (Å²) in [5, 5.41) is 4.40. The largest absolute Gasteiger partial charge is 0.349 e. The van der Waals surface area contributed by atoms with Gasteiger partial charge in [-0.3, -0.25) is 9.78 Å². The molecule has 1 unspecified atom stereocenters. The molecule has 1 saturated heterocycles. The maximum atomic E-state index is 12.9. The SMILES string of the molecule is Cc1ccccc1C(CCN1CCCCC1)NC(=O)Cc1ccc2ccccc2n1. The Morgan fingerprint density at radius 1 is 1.00 bits per heavy atom. The summed E-state index contributed by atoms with van der Waals surface area (Å²) in [5.74, 6) is 0.0321. The molecule has 1 fully saturated rings. The van der Waals surface area contributed by atoms with Crippen molar-refractivity contribution in [3.8, 4) is 0 Å². The van der Waals surface area contributed by atoms with Gasteiger partial charge in [-0.1, -0.05) is 55.0 Å². The first-order chi connectivity index (χ1) is 14.7. The predicted molar refractivity (Wildman–Crippen MR) is 122 cm³/mol. The third-order valence-electron chi connectivity index (χ3n) is 6.08. The van der Waals surface area contributed by atoms with Crippen LogP contribution in [0.1, 0.15) is 48.5 Å². The number of pyridine rings is 1. The van der Waals surface area contributed by atoms with E-state index in [-0.39, 0.29) is 11.9 Å². The number of carbonyl (C=O) groups is 1. The van der Waals surface area contributed by atoms with E-state index in [2.05, 4.69) is 46.4 Å². The molecular formula is C26H31N3O. The highest BCUT2D eigenvalue weighted by molar-refractivity contribution is 5.81. The molecule has 0 radical (unpaired) electrons. The first-order valence-corrected chi connectivity index (χ1v) is 11.1. The van der Waals surface area contributed by atoms with Crippen molar-refractivity contribution in [1.82, 2.24) is 15.2 Å². The van der Waals surface area contributed by atoms with Crippen LogP contribution in [-0.2, 0) is 11.2 Å². The smallest absolute Gasteiger partial charge is 0.226 e. The second-order valence-electron chi connectivity index (χ2n) is 8.34. The number of carbonyl (C=O) groups excluding carboxylic acids is 1. The minimum absolute atomic E-state index is 0.0288. The number of benzene rings is 2. The second kappa shape index (κ2) is 9.86. The van der Waals surface area contributed by atoms with Gasteiger partial charge in [0.1, 0.15) is 0 Å². The highest BCUT2D eigenvalue weighted by Crippen LogP contribution is 2.22. The molecule has 1 N–H and O–H groups in total. The fourth-order valence-corrected chi connectivity index (χ4v) is 4.39. The van der Waals surface area contributed by atoms with Crippen LogP contribution in [0.3, 0.4) is 0 Å². The van der Waals surface area contributed by atoms with Crippen molar-refractivity contribution in [3.63, 3.8) is 0 Å². The van der Waals surface area contributed by atoms with E-state index in [0.717, 1.165) is 29.6 Å². The molecule has 156 valence electrons. The Bertz CT molecular complexity index is 994. The summed E-state index contributed by atoms with van der Waals surface area (Å²) in [6.07, 6.45) is 5.15. The van der Waals surface area contributed by atoms with Crippen LogP contribution in [0.2, 0.25) is 0 Å². The number of hydrogen-bond donors (Lipinski definition) is 1. The highest BCUT2D eigenvalue weighted by atomic mass is 16.1. The summed E-state index contributed by atoms with van der Waals surface area (Å²) in [4.78, 5) is 20.1. The predicted octanol–water partition coefficient (Wildman–Crippen LogP) is 4.82. The van der Waals surface area contributed by atoms with Crippen LogP contribution in [0, 0.1) is 6.92 Å². The van der Waals surface area contributed by atoms with E-state index in [0.29, 0.717) is 6.42 Å². The Balaban J connectivity index is 1.45. The summed E-state index contributed by atoms with van der Waals surface area (Å²) in [6, 6.07) is 20.4. The number of nitrogens with one attached hydrogen (secondary N) is 1. The molecule has 4 nitrogen and oxygen atoms in total. The van der Waals surface area contributed by atoms with Crippen molar-refractivity contribution >= 4 is 16.8 Å². The van der Waals surface area contributed by atoms with E-state index in [1.165, 1.54) is 43.5 Å². The fraction of sp³-hybridized carbons (Fsp3) is 0.385. The van der Waals surface area contributed by atoms with Crippen molar-refractivity contribution < 1.29 is 4.79 Å². The number of nitrogens with zero attached hydrogens (tertiary/aromatic N) is 2. The quantitative estimate of drug-likeness (QED) is 0.617. The van der Waals surface area contributed by atoms with Gasteiger partial charge in [-0.25, -0.2) is 0 Å². The molecule has 1 atom stereocenters. The molecule has 4 rings (SSSR count). The van der Waals surface area contributed by atoms with Gasteiger partial charge < -0.3 is 10.2 Å². The Morgan fingerprint density at radius 3 is 2.60 bits per heavy atom. The number of rotatable bonds is 7. The Labute approximate surface area is 179 Å². The van der Waals surface area contributed by atoms with Gasteiger partial charge in [-0.2, -0.15) is 0 Å². The average Bonchev–Trinajstić information content (AvgIpc) is 2.78. The molecule has 30 heavy (non-hydrogen) atoms. The van der Waals surface area contributed by atoms with Crippen LogP contribution >= 0.6 is 0 Å². The van der Waals surface area contributed by atoms with Gasteiger partial charge in [0.15, 0.2) is 0 Å². The Kier molecular flexibility index (Phi) is 6.75. The monoisotopic (exact) mass is 401 g/mol. The van der Waals surface area contributed by atoms with Crippen LogP contribution in [0.25, 0.3) is 10.9 Å². The molecule has 0 saturated carbocycles. The van der Waals surface area contributed by atoms with Crippen molar-refractivity contribution in [1.29, 1.82) is 0 Å². The number of para-hydroxylation sites is 1. The van der Waals surface area contributed by atoms with Crippen molar-refractivity contribution in [2.45, 2.75) is 45.1 Å². The molecule has 1 aliphatic rings. The molecule has 0 bridgehead atoms. The zero-order valence-corrected chi connectivity index (χ0v) is 17.8. The van der Waals surface area contributed by atoms with Gasteiger partial charge in [-0.15, -0.1) is 0 Å². The molecule has 0 aliphatic carbocycles. The van der Waals surface area contributed by atoms with E-state index in [1.54, 1.807) is 0 Å². The summed E-state index contributed by atoms with van der Waals surface area (Å²) in [7, 11) is 0. The number of hydrogen-bond acceptors (Lipinski definition) is 3. The first kappa shape index (κ1) is 20.5. The summed E-state index contributed by atoms with van der Waals surface area (Å²) in [5.41, 5.74) is 4.19. The minimum Gasteiger partial charge on any atom is -0.349 e. The molecule has 1 aromatic heterocycles. The van der Waals surface area contributed by atoms with Gasteiger partial charge in [0.25, 0.3) is 0 Å². The number of aryl methyl sites for hydroxylation is 1. The van der Waals surface area contributed by atoms with Gasteiger partial charge in [-0.05, 0) is 62.5 Å². The van der Waals surface area contributed by atoms with Gasteiger partial charge in [0.2, 0.25) is 5.91 Å². The molecule has 1 amide bonds. The third kappa shape index (κ3) is 5.25. The molecule has 3 aromatic rings. The summed E-state index contributed by atoms with van der Waals surface area (Å²) >= 11 is 0. The van der Waals surface area contributed by atoms with Crippen molar-refractivity contribution in [2.75, 3.05) is 19.6 Å². The van der Waals surface area contributed by atoms with Crippen LogP contribution in [0.15, 0.2) is 60.7 Å². The number of fused-ring (bicyclic) bond motifs is 1. The van der Waals surface area contributed by atoms with Gasteiger partial charge >= 0.3 is 0 Å². The van der Waals surface area contributed by atoms with E-state index < -0.39 is 0 Å². The average molecular weight is 402 g/mol. The Hall–Kier alpha value is -2.72. The number of amides is 1. The molecular weight excluding hydrogens is 370 g/mol. The lowest BCUT2D eigenvalue weighted by Gasteiger charge is -2.29. The highest BCUT2D eigenvalue weighted by Gasteiger charge is 2.19. The van der Waals surface area contributed by atoms with Crippen molar-refractivity contribution in [3.05, 3.63) is 77.5 Å². The van der Waals surface area contributed by atoms with E-state index in [9.17, 15) is 4.79 Å². The lowest BCUT2D eigenvalue weighted by atomic mass is 9.97. The zero-order chi connectivity index (χ0) is 20.8. The number of aromatic nitrogens is 1. The lowest BCUT2D eigenvalue weighted by molar-refractivity contribution is -0.121. The molecule has 4 heteroatoms. The normalized spacial score (nSPS) is 15.8. The van der Waals surface area contributed by atoms with Crippen molar-refractivity contribution in [2.24, 2.45) is 0 Å². The second-order valence-corrected chi connectivity index (χ2v) is 8.34. The van der Waals surface area contributed by atoms with Crippen LogP contribution in [0.5, 0.6) is 0 Å². The summed E-state index contributed by atoms with van der Waals surface area (Å²) < 4.78 is 0. The van der Waals surface area contributed by atoms with E-state index in [4.69, 9.17) is 0 Å². The molecule has 2 heterocycles. The van der Waals surface area contributed by atoms with E-state index >= 15 is 0 Å². The maximum absolute atomic E-state index is 12.9.